The van der Waals surface area contributed by atoms with Gasteiger partial charge in [0.15, 0.2) is 11.5 Å². The van der Waals surface area contributed by atoms with Crippen LogP contribution >= 0.6 is 0 Å². The summed E-state index contributed by atoms with van der Waals surface area (Å²) in [7, 11) is 0. The van der Waals surface area contributed by atoms with Crippen molar-refractivity contribution >= 4 is 29.4 Å². The predicted octanol–water partition coefficient (Wildman–Crippen LogP) is 2.28. The molecule has 2 saturated heterocycles. The van der Waals surface area contributed by atoms with Gasteiger partial charge in [-0.25, -0.2) is 0 Å². The maximum absolute atomic E-state index is 14.2. The number of fused-ring (bicyclic) bond motifs is 1. The van der Waals surface area contributed by atoms with Crippen molar-refractivity contribution in [3.05, 3.63) is 24.2 Å². The van der Waals surface area contributed by atoms with Gasteiger partial charge in [-0.3, -0.25) is 24.0 Å². The molecule has 2 saturated carbocycles. The Hall–Kier alpha value is -3.17. The van der Waals surface area contributed by atoms with Crippen LogP contribution < -0.4 is 10.6 Å². The van der Waals surface area contributed by atoms with Crippen LogP contribution in [0.1, 0.15) is 82.7 Å². The smallest absolute Gasteiger partial charge is 0.287 e. The molecule has 5 atom stereocenters. The number of carbonyl (C=O) groups is 5. The van der Waals surface area contributed by atoms with Crippen LogP contribution in [-0.4, -0.2) is 76.0 Å². The summed E-state index contributed by atoms with van der Waals surface area (Å²) in [5.74, 6) is -0.704. The lowest BCUT2D eigenvalue weighted by Crippen LogP contribution is -2.56. The quantitative estimate of drug-likeness (QED) is 0.521. The van der Waals surface area contributed by atoms with Gasteiger partial charge >= 0.3 is 0 Å². The minimum atomic E-state index is -1.06. The van der Waals surface area contributed by atoms with Crippen LogP contribution in [0.25, 0.3) is 0 Å². The second-order valence-electron chi connectivity index (χ2n) is 12.2. The Morgan fingerprint density at radius 1 is 1.10 bits per heavy atom. The Bertz CT molecular complexity index is 1130. The van der Waals surface area contributed by atoms with Gasteiger partial charge in [0.05, 0.1) is 18.8 Å². The van der Waals surface area contributed by atoms with E-state index in [-0.39, 0.29) is 47.6 Å². The Balaban J connectivity index is 1.36. The van der Waals surface area contributed by atoms with E-state index in [0.717, 1.165) is 25.7 Å². The fourth-order valence-corrected chi connectivity index (χ4v) is 7.24. The molecule has 5 rings (SSSR count). The number of amides is 4. The first kappa shape index (κ1) is 27.4. The number of hydrogen-bond acceptors (Lipinski definition) is 6. The highest BCUT2D eigenvalue weighted by atomic mass is 16.3. The number of likely N-dealkylation sites (tertiary alicyclic amines) is 2. The minimum absolute atomic E-state index is 0.0210. The molecule has 4 aliphatic rings. The molecule has 10 heteroatoms. The molecule has 3 heterocycles. The minimum Gasteiger partial charge on any atom is -0.459 e. The van der Waals surface area contributed by atoms with E-state index in [9.17, 15) is 24.0 Å². The largest absolute Gasteiger partial charge is 0.459 e. The van der Waals surface area contributed by atoms with Gasteiger partial charge < -0.3 is 24.9 Å². The fraction of sp³-hybridized carbons (Fsp3) is 0.690. The molecule has 1 aromatic heterocycles. The molecule has 2 aliphatic carbocycles. The van der Waals surface area contributed by atoms with E-state index >= 15 is 0 Å². The summed E-state index contributed by atoms with van der Waals surface area (Å²) in [6.45, 7) is 5.59. The average Bonchev–Trinajstić information content (AvgIpc) is 3.28. The van der Waals surface area contributed by atoms with E-state index in [1.165, 1.54) is 19.6 Å². The van der Waals surface area contributed by atoms with E-state index in [1.807, 2.05) is 13.8 Å². The van der Waals surface area contributed by atoms with Crippen molar-refractivity contribution in [1.82, 2.24) is 20.4 Å². The number of furan rings is 1. The van der Waals surface area contributed by atoms with Crippen LogP contribution in [0.15, 0.2) is 22.8 Å². The first-order chi connectivity index (χ1) is 18.6. The van der Waals surface area contributed by atoms with Gasteiger partial charge in [-0.1, -0.05) is 46.0 Å². The third-order valence-electron chi connectivity index (χ3n) is 9.05. The van der Waals surface area contributed by atoms with Crippen molar-refractivity contribution in [2.24, 2.45) is 17.8 Å². The zero-order valence-electron chi connectivity index (χ0n) is 23.1. The second kappa shape index (κ2) is 10.8. The maximum atomic E-state index is 14.2. The third-order valence-corrected chi connectivity index (χ3v) is 9.05. The summed E-state index contributed by atoms with van der Waals surface area (Å²) in [4.78, 5) is 69.1. The van der Waals surface area contributed by atoms with Crippen molar-refractivity contribution in [2.75, 3.05) is 13.1 Å². The highest BCUT2D eigenvalue weighted by Crippen LogP contribution is 2.54. The van der Waals surface area contributed by atoms with Crippen molar-refractivity contribution in [3.63, 3.8) is 0 Å². The molecule has 2 N–H and O–H groups in total. The summed E-state index contributed by atoms with van der Waals surface area (Å²) in [5, 5.41) is 5.77. The van der Waals surface area contributed by atoms with E-state index in [0.29, 0.717) is 31.7 Å². The SMILES string of the molecule is CC(=O)N[C@@H](CC(C)C)C(=O)N1CC(=O)[C@@H]2[C@H]1CCN2C(=O)C1(NC(=O)c2ccco2)CC1C1CCCCC1. The molecule has 0 aromatic carbocycles. The topological polar surface area (TPSA) is 129 Å². The fourth-order valence-electron chi connectivity index (χ4n) is 7.24. The van der Waals surface area contributed by atoms with Crippen LogP contribution in [0.2, 0.25) is 0 Å². The highest BCUT2D eigenvalue weighted by molar-refractivity contribution is 6.03. The van der Waals surface area contributed by atoms with E-state index in [4.69, 9.17) is 4.42 Å². The summed E-state index contributed by atoms with van der Waals surface area (Å²) >= 11 is 0. The third kappa shape index (κ3) is 5.22. The van der Waals surface area contributed by atoms with Crippen molar-refractivity contribution in [1.29, 1.82) is 0 Å². The van der Waals surface area contributed by atoms with Crippen molar-refractivity contribution in [2.45, 2.75) is 95.8 Å². The average molecular weight is 541 g/mol. The number of carbonyl (C=O) groups excluding carboxylic acids is 5. The van der Waals surface area contributed by atoms with Crippen LogP contribution in [0.5, 0.6) is 0 Å². The lowest BCUT2D eigenvalue weighted by Gasteiger charge is -2.31. The molecule has 4 amide bonds. The lowest BCUT2D eigenvalue weighted by atomic mass is 9.84. The molecular formula is C29H40N4O6. The van der Waals surface area contributed by atoms with Crippen LogP contribution in [0.4, 0.5) is 0 Å². The van der Waals surface area contributed by atoms with Crippen LogP contribution in [0.3, 0.4) is 0 Å². The van der Waals surface area contributed by atoms with Gasteiger partial charge in [0.25, 0.3) is 5.91 Å². The molecule has 39 heavy (non-hydrogen) atoms. The van der Waals surface area contributed by atoms with Gasteiger partial charge in [0.2, 0.25) is 17.7 Å². The maximum Gasteiger partial charge on any atom is 0.287 e. The predicted molar refractivity (Wildman–Crippen MR) is 141 cm³/mol. The molecule has 4 fully saturated rings. The molecule has 1 aromatic rings. The molecule has 2 unspecified atom stereocenters. The van der Waals surface area contributed by atoms with E-state index < -0.39 is 29.6 Å². The van der Waals surface area contributed by atoms with Gasteiger partial charge in [-0.2, -0.15) is 0 Å². The number of nitrogens with one attached hydrogen (secondary N) is 2. The molecule has 0 radical (unpaired) electrons. The van der Waals surface area contributed by atoms with Gasteiger partial charge in [0, 0.05) is 13.5 Å². The normalized spacial score (nSPS) is 29.3. The standard InChI is InChI=1S/C29H40N4O6/c1-17(2)14-21(30-18(3)34)27(37)33-16-23(35)25-22(33)11-12-32(25)28(38)29(31-26(36)24-10-7-13-39-24)15-20(29)19-8-5-4-6-9-19/h7,10,13,17,19-22,25H,4-6,8-9,11-12,14-16H2,1-3H3,(H,30,34)(H,31,36)/t20?,21-,22+,25-,29?/m0/s1. The monoisotopic (exact) mass is 540 g/mol. The van der Waals surface area contributed by atoms with Crippen LogP contribution in [0, 0.1) is 17.8 Å². The molecule has 0 spiro atoms. The van der Waals surface area contributed by atoms with E-state index in [1.54, 1.807) is 21.9 Å². The van der Waals surface area contributed by atoms with Gasteiger partial charge in [0.1, 0.15) is 17.6 Å². The summed E-state index contributed by atoms with van der Waals surface area (Å²) in [5.41, 5.74) is -1.06. The summed E-state index contributed by atoms with van der Waals surface area (Å²) < 4.78 is 5.29. The molecule has 2 aliphatic heterocycles. The second-order valence-corrected chi connectivity index (χ2v) is 12.2. The van der Waals surface area contributed by atoms with E-state index in [2.05, 4.69) is 10.6 Å². The van der Waals surface area contributed by atoms with Crippen molar-refractivity contribution < 1.29 is 28.4 Å². The highest BCUT2D eigenvalue weighted by Gasteiger charge is 2.67. The number of rotatable bonds is 8. The Morgan fingerprint density at radius 2 is 1.85 bits per heavy atom. The van der Waals surface area contributed by atoms with Crippen LogP contribution in [-0.2, 0) is 19.2 Å². The Kier molecular flexibility index (Phi) is 7.57. The molecule has 212 valence electrons. The summed E-state index contributed by atoms with van der Waals surface area (Å²) in [6, 6.07) is 1.34. The van der Waals surface area contributed by atoms with Gasteiger partial charge in [-0.05, 0) is 49.1 Å². The zero-order chi connectivity index (χ0) is 27.9. The van der Waals surface area contributed by atoms with Gasteiger partial charge in [-0.15, -0.1) is 0 Å². The molecule has 10 nitrogen and oxygen atoms in total. The number of Topliss-reactive ketones (excluding diaryl/α,β-unsaturated/α-hetero) is 1. The summed E-state index contributed by atoms with van der Waals surface area (Å²) in [6.07, 6.45) is 8.41. The molecule has 0 bridgehead atoms. The first-order valence-corrected chi connectivity index (χ1v) is 14.4. The lowest BCUT2D eigenvalue weighted by molar-refractivity contribution is -0.139. The first-order valence-electron chi connectivity index (χ1n) is 14.4. The zero-order valence-corrected chi connectivity index (χ0v) is 23.1. The molecular weight excluding hydrogens is 500 g/mol. The Morgan fingerprint density at radius 3 is 2.49 bits per heavy atom. The van der Waals surface area contributed by atoms with Crippen molar-refractivity contribution in [3.8, 4) is 0 Å². The number of hydrogen-bond donors (Lipinski definition) is 2. The number of nitrogens with zero attached hydrogens (tertiary/aromatic N) is 2. The number of ketones is 1. The Labute approximate surface area is 229 Å².